The largest absolute Gasteiger partial charge is 0.497 e. The van der Waals surface area contributed by atoms with E-state index in [2.05, 4.69) is 5.10 Å². The van der Waals surface area contributed by atoms with Gasteiger partial charge in [0, 0.05) is 18.8 Å². The van der Waals surface area contributed by atoms with Gasteiger partial charge in [-0.05, 0) is 24.3 Å². The van der Waals surface area contributed by atoms with Crippen LogP contribution in [0.15, 0.2) is 30.5 Å². The summed E-state index contributed by atoms with van der Waals surface area (Å²) >= 11 is 0. The van der Waals surface area contributed by atoms with E-state index in [1.165, 1.54) is 0 Å². The predicted octanol–water partition coefficient (Wildman–Crippen LogP) is 2.10. The van der Waals surface area contributed by atoms with Crippen LogP contribution in [0.4, 0.5) is 0 Å². The minimum absolute atomic E-state index is 0.791. The minimum atomic E-state index is 0.791. The Morgan fingerprint density at radius 3 is 2.50 bits per heavy atom. The second-order valence-electron chi connectivity index (χ2n) is 3.44. The third-order valence-electron chi connectivity index (χ3n) is 2.40. The van der Waals surface area contributed by atoms with Crippen LogP contribution < -0.4 is 9.47 Å². The molecular formula is C12H14N2O2. The van der Waals surface area contributed by atoms with Crippen molar-refractivity contribution in [2.75, 3.05) is 14.2 Å². The molecule has 1 aromatic heterocycles. The highest BCUT2D eigenvalue weighted by atomic mass is 16.5. The first-order chi connectivity index (χ1) is 7.74. The van der Waals surface area contributed by atoms with Crippen LogP contribution in [0.5, 0.6) is 11.5 Å². The number of rotatable bonds is 3. The lowest BCUT2D eigenvalue weighted by molar-refractivity contribution is 0.404. The monoisotopic (exact) mass is 218 g/mol. The molecule has 0 aliphatic rings. The molecule has 1 heterocycles. The van der Waals surface area contributed by atoms with Crippen LogP contribution >= 0.6 is 0 Å². The average Bonchev–Trinajstić information content (AvgIpc) is 2.75. The van der Waals surface area contributed by atoms with E-state index in [1.54, 1.807) is 18.9 Å². The van der Waals surface area contributed by atoms with Crippen molar-refractivity contribution in [3.8, 4) is 22.8 Å². The maximum absolute atomic E-state index is 5.30. The van der Waals surface area contributed by atoms with Crippen LogP contribution in [-0.4, -0.2) is 24.0 Å². The Hall–Kier alpha value is -1.97. The molecule has 4 heteroatoms. The molecule has 1 aromatic carbocycles. The first-order valence-corrected chi connectivity index (χ1v) is 4.96. The molecule has 0 aliphatic heterocycles. The zero-order valence-electron chi connectivity index (χ0n) is 9.60. The molecule has 0 amide bonds. The standard InChI is InChI=1S/C12H14N2O2/c1-14-7-6-11(13-14)10-8-9(15-2)4-5-12(10)16-3/h4-8H,1-3H3. The summed E-state index contributed by atoms with van der Waals surface area (Å²) in [4.78, 5) is 0. The number of aryl methyl sites for hydroxylation is 1. The normalized spacial score (nSPS) is 10.2. The van der Waals surface area contributed by atoms with E-state index in [-0.39, 0.29) is 0 Å². The maximum Gasteiger partial charge on any atom is 0.128 e. The maximum atomic E-state index is 5.30. The summed E-state index contributed by atoms with van der Waals surface area (Å²) < 4.78 is 12.3. The number of nitrogens with zero attached hydrogens (tertiary/aromatic N) is 2. The molecular weight excluding hydrogens is 204 g/mol. The highest BCUT2D eigenvalue weighted by Gasteiger charge is 2.09. The molecule has 0 atom stereocenters. The van der Waals surface area contributed by atoms with Gasteiger partial charge in [-0.3, -0.25) is 4.68 Å². The van der Waals surface area contributed by atoms with Crippen molar-refractivity contribution >= 4 is 0 Å². The van der Waals surface area contributed by atoms with Gasteiger partial charge in [0.05, 0.1) is 19.9 Å². The third kappa shape index (κ3) is 1.86. The molecule has 0 aliphatic carbocycles. The van der Waals surface area contributed by atoms with Gasteiger partial charge in [-0.15, -0.1) is 0 Å². The van der Waals surface area contributed by atoms with Crippen LogP contribution in [0, 0.1) is 0 Å². The van der Waals surface area contributed by atoms with Gasteiger partial charge in [-0.2, -0.15) is 5.10 Å². The molecule has 2 rings (SSSR count). The molecule has 0 saturated carbocycles. The van der Waals surface area contributed by atoms with Gasteiger partial charge in [0.15, 0.2) is 0 Å². The zero-order chi connectivity index (χ0) is 11.5. The molecule has 4 nitrogen and oxygen atoms in total. The summed E-state index contributed by atoms with van der Waals surface area (Å²) in [6.45, 7) is 0. The number of hydrogen-bond acceptors (Lipinski definition) is 3. The highest BCUT2D eigenvalue weighted by molar-refractivity contribution is 5.68. The van der Waals surface area contributed by atoms with E-state index >= 15 is 0 Å². The van der Waals surface area contributed by atoms with Crippen molar-refractivity contribution in [3.63, 3.8) is 0 Å². The Morgan fingerprint density at radius 1 is 1.12 bits per heavy atom. The quantitative estimate of drug-likeness (QED) is 0.791. The van der Waals surface area contributed by atoms with Crippen molar-refractivity contribution in [3.05, 3.63) is 30.5 Å². The van der Waals surface area contributed by atoms with Crippen molar-refractivity contribution in [1.29, 1.82) is 0 Å². The second kappa shape index (κ2) is 4.26. The number of ether oxygens (including phenoxy) is 2. The number of hydrogen-bond donors (Lipinski definition) is 0. The summed E-state index contributed by atoms with van der Waals surface area (Å²) in [6.07, 6.45) is 1.90. The fraction of sp³-hybridized carbons (Fsp3) is 0.250. The molecule has 0 saturated heterocycles. The Morgan fingerprint density at radius 2 is 1.94 bits per heavy atom. The minimum Gasteiger partial charge on any atom is -0.497 e. The first kappa shape index (κ1) is 10.5. The summed E-state index contributed by atoms with van der Waals surface area (Å²) in [5, 5.41) is 4.35. The Balaban J connectivity index is 2.52. The van der Waals surface area contributed by atoms with Crippen LogP contribution in [-0.2, 0) is 7.05 Å². The molecule has 0 N–H and O–H groups in total. The van der Waals surface area contributed by atoms with Crippen molar-refractivity contribution in [2.24, 2.45) is 7.05 Å². The fourth-order valence-electron chi connectivity index (χ4n) is 1.57. The van der Waals surface area contributed by atoms with E-state index < -0.39 is 0 Å². The lowest BCUT2D eigenvalue weighted by Crippen LogP contribution is -1.92. The predicted molar refractivity (Wildman–Crippen MR) is 61.7 cm³/mol. The molecule has 16 heavy (non-hydrogen) atoms. The Kier molecular flexibility index (Phi) is 2.81. The summed E-state index contributed by atoms with van der Waals surface area (Å²) in [5.41, 5.74) is 1.81. The van der Waals surface area contributed by atoms with Crippen LogP contribution in [0.2, 0.25) is 0 Å². The average molecular weight is 218 g/mol. The van der Waals surface area contributed by atoms with E-state index in [1.807, 2.05) is 37.5 Å². The number of methoxy groups -OCH3 is 2. The van der Waals surface area contributed by atoms with E-state index in [9.17, 15) is 0 Å². The zero-order valence-corrected chi connectivity index (χ0v) is 9.60. The van der Waals surface area contributed by atoms with Crippen molar-refractivity contribution in [1.82, 2.24) is 9.78 Å². The third-order valence-corrected chi connectivity index (χ3v) is 2.40. The van der Waals surface area contributed by atoms with E-state index in [0.717, 1.165) is 22.8 Å². The van der Waals surface area contributed by atoms with E-state index in [4.69, 9.17) is 9.47 Å². The van der Waals surface area contributed by atoms with Crippen molar-refractivity contribution in [2.45, 2.75) is 0 Å². The van der Waals surface area contributed by atoms with Gasteiger partial charge in [-0.25, -0.2) is 0 Å². The smallest absolute Gasteiger partial charge is 0.128 e. The second-order valence-corrected chi connectivity index (χ2v) is 3.44. The van der Waals surface area contributed by atoms with Gasteiger partial charge in [0.25, 0.3) is 0 Å². The number of benzene rings is 1. The molecule has 0 fully saturated rings. The topological polar surface area (TPSA) is 36.3 Å². The van der Waals surface area contributed by atoms with Crippen molar-refractivity contribution < 1.29 is 9.47 Å². The lowest BCUT2D eigenvalue weighted by atomic mass is 10.1. The summed E-state index contributed by atoms with van der Waals surface area (Å²) in [7, 11) is 5.18. The van der Waals surface area contributed by atoms with E-state index in [0.29, 0.717) is 0 Å². The molecule has 2 aromatic rings. The Bertz CT molecular complexity index is 492. The number of aromatic nitrogens is 2. The van der Waals surface area contributed by atoms with Gasteiger partial charge in [-0.1, -0.05) is 0 Å². The highest BCUT2D eigenvalue weighted by Crippen LogP contribution is 2.31. The molecule has 0 radical (unpaired) electrons. The van der Waals surface area contributed by atoms with Gasteiger partial charge in [0.1, 0.15) is 11.5 Å². The van der Waals surface area contributed by atoms with Gasteiger partial charge in [0.2, 0.25) is 0 Å². The van der Waals surface area contributed by atoms with Crippen LogP contribution in [0.25, 0.3) is 11.3 Å². The molecule has 84 valence electrons. The Labute approximate surface area is 94.4 Å². The van der Waals surface area contributed by atoms with Gasteiger partial charge < -0.3 is 9.47 Å². The SMILES string of the molecule is COc1ccc(OC)c(-c2ccn(C)n2)c1. The van der Waals surface area contributed by atoms with Gasteiger partial charge >= 0.3 is 0 Å². The first-order valence-electron chi connectivity index (χ1n) is 4.96. The summed E-state index contributed by atoms with van der Waals surface area (Å²) in [5.74, 6) is 1.58. The lowest BCUT2D eigenvalue weighted by Gasteiger charge is -2.08. The summed E-state index contributed by atoms with van der Waals surface area (Å²) in [6, 6.07) is 7.60. The molecule has 0 bridgehead atoms. The van der Waals surface area contributed by atoms with Crippen LogP contribution in [0.3, 0.4) is 0 Å². The molecule has 0 unspecified atom stereocenters. The van der Waals surface area contributed by atoms with Crippen LogP contribution in [0.1, 0.15) is 0 Å². The molecule has 0 spiro atoms. The fourth-order valence-corrected chi connectivity index (χ4v) is 1.57.